The Balaban J connectivity index is 1.42. The number of anilines is 1. The molecular formula is C18H16ClFN2O3. The third-order valence-electron chi connectivity index (χ3n) is 4.22. The molecule has 2 aliphatic heterocycles. The number of hydrogen-bond acceptors (Lipinski definition) is 4. The van der Waals surface area contributed by atoms with Gasteiger partial charge in [-0.3, -0.25) is 4.79 Å². The highest BCUT2D eigenvalue weighted by molar-refractivity contribution is 6.30. The Kier molecular flexibility index (Phi) is 4.23. The molecule has 25 heavy (non-hydrogen) atoms. The minimum absolute atomic E-state index is 0.101. The lowest BCUT2D eigenvalue weighted by atomic mass is 10.1. The number of nitrogens with one attached hydrogen (secondary N) is 2. The van der Waals surface area contributed by atoms with Crippen LogP contribution in [0.15, 0.2) is 30.3 Å². The number of benzene rings is 2. The summed E-state index contributed by atoms with van der Waals surface area (Å²) in [6.45, 7) is 1.56. The number of carbonyl (C=O) groups excluding carboxylic acids is 1. The molecule has 2 aliphatic rings. The first-order chi connectivity index (χ1) is 12.1. The Labute approximate surface area is 149 Å². The van der Waals surface area contributed by atoms with Crippen LogP contribution < -0.4 is 20.1 Å². The molecule has 1 atom stereocenters. The van der Waals surface area contributed by atoms with Crippen LogP contribution in [0.4, 0.5) is 10.1 Å². The van der Waals surface area contributed by atoms with E-state index in [1.54, 1.807) is 0 Å². The van der Waals surface area contributed by atoms with E-state index in [1.165, 1.54) is 6.07 Å². The van der Waals surface area contributed by atoms with Gasteiger partial charge in [0, 0.05) is 29.7 Å². The van der Waals surface area contributed by atoms with E-state index in [1.807, 2.05) is 24.3 Å². The van der Waals surface area contributed by atoms with Crippen LogP contribution >= 0.6 is 11.6 Å². The Morgan fingerprint density at radius 2 is 2.12 bits per heavy atom. The van der Waals surface area contributed by atoms with Gasteiger partial charge in [-0.05, 0) is 17.7 Å². The molecule has 130 valence electrons. The molecule has 0 fully saturated rings. The van der Waals surface area contributed by atoms with Crippen LogP contribution in [0.2, 0.25) is 5.02 Å². The lowest BCUT2D eigenvalue weighted by Gasteiger charge is -2.28. The lowest BCUT2D eigenvalue weighted by Crippen LogP contribution is -2.38. The van der Waals surface area contributed by atoms with Gasteiger partial charge in [0.2, 0.25) is 5.91 Å². The number of ether oxygens (including phenoxy) is 2. The molecular weight excluding hydrogens is 347 g/mol. The van der Waals surface area contributed by atoms with Crippen LogP contribution in [0.3, 0.4) is 0 Å². The third kappa shape index (κ3) is 3.27. The highest BCUT2D eigenvalue weighted by atomic mass is 35.5. The molecule has 0 radical (unpaired) electrons. The van der Waals surface area contributed by atoms with Gasteiger partial charge in [-0.2, -0.15) is 0 Å². The van der Waals surface area contributed by atoms with Crippen molar-refractivity contribution in [2.45, 2.75) is 19.1 Å². The van der Waals surface area contributed by atoms with Gasteiger partial charge < -0.3 is 20.1 Å². The largest absolute Gasteiger partial charge is 0.486 e. The average molecular weight is 363 g/mol. The van der Waals surface area contributed by atoms with E-state index < -0.39 is 5.82 Å². The van der Waals surface area contributed by atoms with Crippen LogP contribution in [0.25, 0.3) is 0 Å². The average Bonchev–Trinajstić information content (AvgIpc) is 3.00. The van der Waals surface area contributed by atoms with E-state index in [0.717, 1.165) is 5.56 Å². The van der Waals surface area contributed by atoms with Crippen molar-refractivity contribution in [3.05, 3.63) is 52.3 Å². The first kappa shape index (κ1) is 16.2. The first-order valence-corrected chi connectivity index (χ1v) is 8.38. The van der Waals surface area contributed by atoms with Crippen LogP contribution in [-0.4, -0.2) is 25.2 Å². The van der Waals surface area contributed by atoms with Crippen LogP contribution in [0.5, 0.6) is 11.5 Å². The van der Waals surface area contributed by atoms with E-state index >= 15 is 0 Å². The van der Waals surface area contributed by atoms with Crippen LogP contribution in [0, 0.1) is 5.82 Å². The fourth-order valence-corrected chi connectivity index (χ4v) is 3.13. The molecule has 1 amide bonds. The van der Waals surface area contributed by atoms with Gasteiger partial charge in [0.25, 0.3) is 0 Å². The van der Waals surface area contributed by atoms with Crippen molar-refractivity contribution in [2.75, 3.05) is 18.5 Å². The van der Waals surface area contributed by atoms with E-state index in [0.29, 0.717) is 41.8 Å². The van der Waals surface area contributed by atoms with Crippen LogP contribution in [-0.2, 0) is 17.8 Å². The zero-order valence-electron chi connectivity index (χ0n) is 13.3. The predicted molar refractivity (Wildman–Crippen MR) is 91.8 cm³/mol. The second kappa shape index (κ2) is 6.54. The maximum absolute atomic E-state index is 14.0. The predicted octanol–water partition coefficient (Wildman–Crippen LogP) is 2.90. The molecule has 0 spiro atoms. The topological polar surface area (TPSA) is 59.6 Å². The maximum atomic E-state index is 14.0. The Bertz CT molecular complexity index is 826. The number of amides is 1. The molecule has 0 aliphatic carbocycles. The molecule has 0 bridgehead atoms. The molecule has 1 unspecified atom stereocenters. The van der Waals surface area contributed by atoms with Crippen molar-refractivity contribution in [3.63, 3.8) is 0 Å². The Morgan fingerprint density at radius 1 is 1.32 bits per heavy atom. The van der Waals surface area contributed by atoms with Gasteiger partial charge >= 0.3 is 0 Å². The Morgan fingerprint density at radius 3 is 2.92 bits per heavy atom. The fraction of sp³-hybridized carbons (Fsp3) is 0.278. The standard InChI is InChI=1S/C18H16ClFN2O3/c19-11-3-1-10(2-4-11)7-21-8-12-9-24-15-6-14(20)17-13(18(15)25-12)5-16(23)22-17/h1-4,6,12,21H,5,7-9H2,(H,22,23). The van der Waals surface area contributed by atoms with Gasteiger partial charge in [0.15, 0.2) is 17.3 Å². The highest BCUT2D eigenvalue weighted by Gasteiger charge is 2.32. The number of rotatable bonds is 4. The summed E-state index contributed by atoms with van der Waals surface area (Å²) >= 11 is 5.87. The van der Waals surface area contributed by atoms with Gasteiger partial charge in [-0.1, -0.05) is 23.7 Å². The maximum Gasteiger partial charge on any atom is 0.229 e. The zero-order valence-corrected chi connectivity index (χ0v) is 14.0. The summed E-state index contributed by atoms with van der Waals surface area (Å²) in [5, 5.41) is 6.53. The van der Waals surface area contributed by atoms with Crippen LogP contribution in [0.1, 0.15) is 11.1 Å². The van der Waals surface area contributed by atoms with E-state index in [9.17, 15) is 9.18 Å². The second-order valence-electron chi connectivity index (χ2n) is 6.07. The number of carbonyl (C=O) groups is 1. The third-order valence-corrected chi connectivity index (χ3v) is 4.47. The van der Waals surface area contributed by atoms with Gasteiger partial charge in [-0.15, -0.1) is 0 Å². The smallest absolute Gasteiger partial charge is 0.229 e. The Hall–Kier alpha value is -2.31. The zero-order chi connectivity index (χ0) is 17.4. The minimum Gasteiger partial charge on any atom is -0.486 e. The first-order valence-electron chi connectivity index (χ1n) is 8.00. The van der Waals surface area contributed by atoms with Crippen molar-refractivity contribution >= 4 is 23.2 Å². The molecule has 7 heteroatoms. The minimum atomic E-state index is -0.498. The van der Waals surface area contributed by atoms with E-state index in [-0.39, 0.29) is 24.1 Å². The van der Waals surface area contributed by atoms with Gasteiger partial charge in [0.05, 0.1) is 12.1 Å². The monoisotopic (exact) mass is 362 g/mol. The van der Waals surface area contributed by atoms with Crippen molar-refractivity contribution in [1.82, 2.24) is 5.32 Å². The van der Waals surface area contributed by atoms with Gasteiger partial charge in [-0.25, -0.2) is 4.39 Å². The number of hydrogen-bond donors (Lipinski definition) is 2. The molecule has 2 heterocycles. The summed E-state index contributed by atoms with van der Waals surface area (Å²) < 4.78 is 25.6. The number of halogens is 2. The molecule has 4 rings (SSSR count). The quantitative estimate of drug-likeness (QED) is 0.878. The second-order valence-corrected chi connectivity index (χ2v) is 6.51. The highest BCUT2D eigenvalue weighted by Crippen LogP contribution is 2.43. The van der Waals surface area contributed by atoms with Crippen molar-refractivity contribution in [1.29, 1.82) is 0 Å². The molecule has 0 saturated heterocycles. The van der Waals surface area contributed by atoms with Gasteiger partial charge in [0.1, 0.15) is 12.7 Å². The lowest BCUT2D eigenvalue weighted by molar-refractivity contribution is -0.115. The number of fused-ring (bicyclic) bond motifs is 3. The summed E-state index contributed by atoms with van der Waals surface area (Å²) in [6, 6.07) is 8.86. The fourth-order valence-electron chi connectivity index (χ4n) is 3.01. The molecule has 0 aromatic heterocycles. The molecule has 5 nitrogen and oxygen atoms in total. The SMILES string of the molecule is O=C1Cc2c(c(F)cc3c2OC(CNCc2ccc(Cl)cc2)CO3)N1. The summed E-state index contributed by atoms with van der Waals surface area (Å²) in [5.41, 5.74) is 1.84. The molecule has 2 aromatic carbocycles. The normalized spacial score (nSPS) is 18.0. The molecule has 2 aromatic rings. The summed E-state index contributed by atoms with van der Waals surface area (Å²) in [7, 11) is 0. The van der Waals surface area contributed by atoms with Crippen molar-refractivity contribution < 1.29 is 18.7 Å². The summed E-state index contributed by atoms with van der Waals surface area (Å²) in [4.78, 5) is 11.6. The van der Waals surface area contributed by atoms with E-state index in [2.05, 4.69) is 10.6 Å². The summed E-state index contributed by atoms with van der Waals surface area (Å²) in [6.07, 6.45) is -0.117. The molecule has 2 N–H and O–H groups in total. The van der Waals surface area contributed by atoms with E-state index in [4.69, 9.17) is 21.1 Å². The van der Waals surface area contributed by atoms with Crippen molar-refractivity contribution in [3.8, 4) is 11.5 Å². The van der Waals surface area contributed by atoms with Crippen molar-refractivity contribution in [2.24, 2.45) is 0 Å². The summed E-state index contributed by atoms with van der Waals surface area (Å²) in [5.74, 6) is 0.0670. The molecule has 0 saturated carbocycles.